The van der Waals surface area contributed by atoms with E-state index in [0.717, 1.165) is 5.01 Å². The molecule has 0 unspecified atom stereocenters. The molecule has 0 N–H and O–H groups in total. The lowest BCUT2D eigenvalue weighted by Crippen LogP contribution is -1.68. The van der Waals surface area contributed by atoms with E-state index in [-0.39, 0.29) is 0 Å². The second kappa shape index (κ2) is 2.71. The molecule has 0 aliphatic heterocycles. The SMILES string of the molecule is Cc1ccc(-c2nncs2)s1. The minimum atomic E-state index is 1.02. The first kappa shape index (κ1) is 6.94. The summed E-state index contributed by atoms with van der Waals surface area (Å²) < 4.78 is 0. The van der Waals surface area contributed by atoms with E-state index >= 15 is 0 Å². The average molecular weight is 182 g/mol. The van der Waals surface area contributed by atoms with Crippen molar-refractivity contribution in [3.05, 3.63) is 22.5 Å². The second-order valence-corrected chi connectivity index (χ2v) is 4.28. The Balaban J connectivity index is 2.45. The molecule has 0 saturated heterocycles. The predicted molar refractivity (Wildman–Crippen MR) is 48.0 cm³/mol. The molecule has 0 aliphatic carbocycles. The van der Waals surface area contributed by atoms with Crippen LogP contribution >= 0.6 is 22.7 Å². The smallest absolute Gasteiger partial charge is 0.147 e. The maximum absolute atomic E-state index is 3.98. The number of aryl methyl sites for hydroxylation is 1. The Morgan fingerprint density at radius 3 is 2.82 bits per heavy atom. The molecule has 0 bridgehead atoms. The maximum Gasteiger partial charge on any atom is 0.157 e. The number of aromatic nitrogens is 2. The maximum atomic E-state index is 3.98. The highest BCUT2D eigenvalue weighted by Gasteiger charge is 2.02. The van der Waals surface area contributed by atoms with Crippen molar-refractivity contribution in [1.82, 2.24) is 10.2 Å². The van der Waals surface area contributed by atoms with Crippen molar-refractivity contribution >= 4 is 22.7 Å². The van der Waals surface area contributed by atoms with Gasteiger partial charge in [0.15, 0.2) is 5.01 Å². The predicted octanol–water partition coefficient (Wildman–Crippen LogP) is 2.58. The number of thiophene rings is 1. The van der Waals surface area contributed by atoms with Crippen LogP contribution in [0.4, 0.5) is 0 Å². The molecule has 0 amide bonds. The van der Waals surface area contributed by atoms with Gasteiger partial charge in [-0.1, -0.05) is 11.3 Å². The Hall–Kier alpha value is -0.740. The first-order valence-corrected chi connectivity index (χ1v) is 4.89. The topological polar surface area (TPSA) is 25.8 Å². The summed E-state index contributed by atoms with van der Waals surface area (Å²) in [5.41, 5.74) is 1.75. The molecule has 2 heterocycles. The van der Waals surface area contributed by atoms with E-state index in [9.17, 15) is 0 Å². The van der Waals surface area contributed by atoms with Gasteiger partial charge in [0.05, 0.1) is 4.88 Å². The highest BCUT2D eigenvalue weighted by atomic mass is 32.1. The van der Waals surface area contributed by atoms with Gasteiger partial charge in [-0.3, -0.25) is 0 Å². The van der Waals surface area contributed by atoms with Crippen molar-refractivity contribution in [2.24, 2.45) is 0 Å². The quantitative estimate of drug-likeness (QED) is 0.677. The molecule has 0 saturated carbocycles. The molecule has 2 rings (SSSR count). The molecule has 2 nitrogen and oxygen atoms in total. The number of rotatable bonds is 1. The zero-order chi connectivity index (χ0) is 7.68. The third kappa shape index (κ3) is 1.32. The van der Waals surface area contributed by atoms with Gasteiger partial charge in [0.2, 0.25) is 0 Å². The van der Waals surface area contributed by atoms with Gasteiger partial charge < -0.3 is 0 Å². The van der Waals surface area contributed by atoms with E-state index in [1.54, 1.807) is 28.2 Å². The fourth-order valence-corrected chi connectivity index (χ4v) is 2.32. The summed E-state index contributed by atoms with van der Waals surface area (Å²) in [5.74, 6) is 0. The van der Waals surface area contributed by atoms with Crippen LogP contribution in [0.3, 0.4) is 0 Å². The summed E-state index contributed by atoms with van der Waals surface area (Å²) in [6, 6.07) is 4.18. The van der Waals surface area contributed by atoms with E-state index < -0.39 is 0 Å². The Morgan fingerprint density at radius 1 is 1.36 bits per heavy atom. The van der Waals surface area contributed by atoms with Crippen LogP contribution in [0.5, 0.6) is 0 Å². The van der Waals surface area contributed by atoms with Gasteiger partial charge in [0.1, 0.15) is 5.51 Å². The molecule has 2 aromatic heterocycles. The fraction of sp³-hybridized carbons (Fsp3) is 0.143. The molecule has 56 valence electrons. The summed E-state index contributed by atoms with van der Waals surface area (Å²) in [4.78, 5) is 2.53. The minimum absolute atomic E-state index is 1.02. The highest BCUT2D eigenvalue weighted by molar-refractivity contribution is 7.20. The van der Waals surface area contributed by atoms with Gasteiger partial charge in [0, 0.05) is 4.88 Å². The van der Waals surface area contributed by atoms with E-state index in [1.165, 1.54) is 9.75 Å². The normalized spacial score (nSPS) is 10.3. The zero-order valence-corrected chi connectivity index (χ0v) is 7.58. The van der Waals surface area contributed by atoms with Gasteiger partial charge in [-0.15, -0.1) is 21.5 Å². The van der Waals surface area contributed by atoms with E-state index in [2.05, 4.69) is 29.3 Å². The van der Waals surface area contributed by atoms with Crippen LogP contribution < -0.4 is 0 Å². The second-order valence-electron chi connectivity index (χ2n) is 2.15. The molecule has 0 radical (unpaired) electrons. The van der Waals surface area contributed by atoms with E-state index in [1.807, 2.05) is 0 Å². The summed E-state index contributed by atoms with van der Waals surface area (Å²) in [5, 5.41) is 8.78. The Bertz CT molecular complexity index is 337. The standard InChI is InChI=1S/C7H6N2S2/c1-5-2-3-6(11-5)7-9-8-4-10-7/h2-4H,1H3. The molecule has 4 heteroatoms. The first-order chi connectivity index (χ1) is 5.36. The summed E-state index contributed by atoms with van der Waals surface area (Å²) in [6.07, 6.45) is 0. The Morgan fingerprint density at radius 2 is 2.27 bits per heavy atom. The summed E-state index contributed by atoms with van der Waals surface area (Å²) in [7, 11) is 0. The number of hydrogen-bond donors (Lipinski definition) is 0. The molecule has 0 spiro atoms. The van der Waals surface area contributed by atoms with Gasteiger partial charge in [0.25, 0.3) is 0 Å². The van der Waals surface area contributed by atoms with Gasteiger partial charge in [-0.05, 0) is 19.1 Å². The van der Waals surface area contributed by atoms with Crippen LogP contribution in [-0.2, 0) is 0 Å². The first-order valence-electron chi connectivity index (χ1n) is 3.19. The van der Waals surface area contributed by atoms with Crippen LogP contribution in [0.25, 0.3) is 9.88 Å². The van der Waals surface area contributed by atoms with Gasteiger partial charge in [-0.25, -0.2) is 0 Å². The largest absolute Gasteiger partial charge is 0.157 e. The lowest BCUT2D eigenvalue weighted by atomic mass is 10.4. The van der Waals surface area contributed by atoms with Crippen LogP contribution in [-0.4, -0.2) is 10.2 Å². The zero-order valence-electron chi connectivity index (χ0n) is 5.94. The van der Waals surface area contributed by atoms with E-state index in [4.69, 9.17) is 0 Å². The van der Waals surface area contributed by atoms with Crippen molar-refractivity contribution in [3.8, 4) is 9.88 Å². The summed E-state index contributed by atoms with van der Waals surface area (Å²) >= 11 is 3.33. The van der Waals surface area contributed by atoms with Crippen molar-refractivity contribution in [2.75, 3.05) is 0 Å². The number of hydrogen-bond acceptors (Lipinski definition) is 4. The van der Waals surface area contributed by atoms with Crippen LogP contribution in [0.1, 0.15) is 4.88 Å². The molecule has 11 heavy (non-hydrogen) atoms. The molecule has 0 atom stereocenters. The lowest BCUT2D eigenvalue weighted by molar-refractivity contribution is 1.10. The van der Waals surface area contributed by atoms with Gasteiger partial charge >= 0.3 is 0 Å². The molecule has 0 aromatic carbocycles. The third-order valence-corrected chi connectivity index (χ3v) is 3.17. The minimum Gasteiger partial charge on any atom is -0.147 e. The lowest BCUT2D eigenvalue weighted by Gasteiger charge is -1.82. The average Bonchev–Trinajstić information content (AvgIpc) is 2.55. The Labute approximate surface area is 72.5 Å². The molecular weight excluding hydrogens is 176 g/mol. The number of nitrogens with zero attached hydrogens (tertiary/aromatic N) is 2. The summed E-state index contributed by atoms with van der Waals surface area (Å²) in [6.45, 7) is 2.09. The van der Waals surface area contributed by atoms with Gasteiger partial charge in [-0.2, -0.15) is 0 Å². The monoisotopic (exact) mass is 182 g/mol. The molecule has 0 aliphatic rings. The third-order valence-electron chi connectivity index (χ3n) is 1.31. The highest BCUT2D eigenvalue weighted by Crippen LogP contribution is 2.27. The van der Waals surface area contributed by atoms with Crippen molar-refractivity contribution in [2.45, 2.75) is 6.92 Å². The van der Waals surface area contributed by atoms with Crippen molar-refractivity contribution < 1.29 is 0 Å². The van der Waals surface area contributed by atoms with Crippen molar-refractivity contribution in [1.29, 1.82) is 0 Å². The van der Waals surface area contributed by atoms with Crippen LogP contribution in [0.15, 0.2) is 17.6 Å². The van der Waals surface area contributed by atoms with E-state index in [0.29, 0.717) is 0 Å². The Kier molecular flexibility index (Phi) is 1.71. The van der Waals surface area contributed by atoms with Crippen LogP contribution in [0.2, 0.25) is 0 Å². The van der Waals surface area contributed by atoms with Crippen LogP contribution in [0, 0.1) is 6.92 Å². The van der Waals surface area contributed by atoms with Crippen molar-refractivity contribution in [3.63, 3.8) is 0 Å². The molecular formula is C7H6N2S2. The molecule has 2 aromatic rings. The molecule has 0 fully saturated rings. The fourth-order valence-electron chi connectivity index (χ4n) is 0.830.